The molecule has 2 atom stereocenters. The molecule has 0 unspecified atom stereocenters. The zero-order chi connectivity index (χ0) is 15.4. The van der Waals surface area contributed by atoms with Gasteiger partial charge in [-0.3, -0.25) is 4.90 Å². The molecule has 2 aromatic rings. The van der Waals surface area contributed by atoms with Crippen LogP contribution in [-0.2, 0) is 4.74 Å². The van der Waals surface area contributed by atoms with Crippen molar-refractivity contribution < 1.29 is 9.47 Å². The number of nitrogens with one attached hydrogen (secondary N) is 1. The summed E-state index contributed by atoms with van der Waals surface area (Å²) in [6, 6.07) is 7.78. The molecule has 2 heterocycles. The molecule has 0 saturated carbocycles. The fourth-order valence-corrected chi connectivity index (χ4v) is 3.05. The number of rotatable bonds is 6. The van der Waals surface area contributed by atoms with E-state index in [1.807, 2.05) is 30.5 Å². The topological polar surface area (TPSA) is 50.4 Å². The number of nitrogens with zero attached hydrogens (tertiary/aromatic N) is 2. The Bertz CT molecular complexity index is 591. The first-order valence-corrected chi connectivity index (χ1v) is 7.79. The van der Waals surface area contributed by atoms with Gasteiger partial charge in [-0.2, -0.15) is 0 Å². The van der Waals surface area contributed by atoms with E-state index in [0.717, 1.165) is 31.1 Å². The lowest BCUT2D eigenvalue weighted by Crippen LogP contribution is -2.30. The Labute approximate surface area is 135 Å². The van der Waals surface area contributed by atoms with Crippen LogP contribution in [-0.4, -0.2) is 47.8 Å². The summed E-state index contributed by atoms with van der Waals surface area (Å²) in [5.74, 6) is 1.71. The van der Waals surface area contributed by atoms with Gasteiger partial charge in [-0.15, -0.1) is 0 Å². The van der Waals surface area contributed by atoms with E-state index in [9.17, 15) is 0 Å². The quantitative estimate of drug-likeness (QED) is 0.889. The molecule has 0 radical (unpaired) electrons. The lowest BCUT2D eigenvalue weighted by molar-refractivity contribution is 0.105. The highest BCUT2D eigenvalue weighted by molar-refractivity contribution is 6.32. The van der Waals surface area contributed by atoms with Crippen molar-refractivity contribution in [1.29, 1.82) is 0 Å². The van der Waals surface area contributed by atoms with Crippen molar-refractivity contribution in [2.75, 3.05) is 26.8 Å². The lowest BCUT2D eigenvalue weighted by Gasteiger charge is -2.22. The van der Waals surface area contributed by atoms with Crippen LogP contribution in [0.25, 0.3) is 0 Å². The van der Waals surface area contributed by atoms with E-state index in [2.05, 4.69) is 14.9 Å². The largest absolute Gasteiger partial charge is 0.491 e. The highest BCUT2D eigenvalue weighted by Crippen LogP contribution is 2.31. The van der Waals surface area contributed by atoms with Crippen molar-refractivity contribution >= 4 is 11.6 Å². The summed E-state index contributed by atoms with van der Waals surface area (Å²) >= 11 is 6.10. The Balaban J connectivity index is 1.59. The van der Waals surface area contributed by atoms with Gasteiger partial charge in [0.15, 0.2) is 0 Å². The second-order valence-electron chi connectivity index (χ2n) is 5.36. The van der Waals surface area contributed by atoms with Crippen LogP contribution < -0.4 is 4.74 Å². The third kappa shape index (κ3) is 3.43. The Morgan fingerprint density at radius 3 is 3.00 bits per heavy atom. The molecule has 1 fully saturated rings. The molecule has 3 rings (SSSR count). The van der Waals surface area contributed by atoms with Gasteiger partial charge in [-0.05, 0) is 18.6 Å². The van der Waals surface area contributed by atoms with E-state index in [0.29, 0.717) is 11.6 Å². The van der Waals surface area contributed by atoms with E-state index in [-0.39, 0.29) is 12.1 Å². The molecule has 5 nitrogen and oxygen atoms in total. The SMILES string of the molecule is CO[C@@H]1C[C@@H](c2ncc[nH]2)N(CCOc2ccccc2Cl)C1. The fraction of sp³-hybridized carbons (Fsp3) is 0.438. The summed E-state index contributed by atoms with van der Waals surface area (Å²) in [7, 11) is 1.76. The minimum atomic E-state index is 0.232. The van der Waals surface area contributed by atoms with Crippen LogP contribution >= 0.6 is 11.6 Å². The molecule has 1 aliphatic heterocycles. The lowest BCUT2D eigenvalue weighted by atomic mass is 10.2. The summed E-state index contributed by atoms with van der Waals surface area (Å²) in [4.78, 5) is 9.92. The minimum absolute atomic E-state index is 0.232. The number of hydrogen-bond acceptors (Lipinski definition) is 4. The number of ether oxygens (including phenoxy) is 2. The Hall–Kier alpha value is -1.56. The average Bonchev–Trinajstić information content (AvgIpc) is 3.18. The highest BCUT2D eigenvalue weighted by atomic mass is 35.5. The van der Waals surface area contributed by atoms with Crippen molar-refractivity contribution in [1.82, 2.24) is 14.9 Å². The van der Waals surface area contributed by atoms with Gasteiger partial charge in [0.25, 0.3) is 0 Å². The maximum absolute atomic E-state index is 6.10. The number of imidazole rings is 1. The first-order valence-electron chi connectivity index (χ1n) is 7.41. The normalized spacial score (nSPS) is 22.1. The second kappa shape index (κ2) is 7.13. The number of halogens is 1. The van der Waals surface area contributed by atoms with Crippen LogP contribution in [0.15, 0.2) is 36.7 Å². The number of aromatic amines is 1. The molecule has 1 aromatic carbocycles. The van der Waals surface area contributed by atoms with Crippen molar-refractivity contribution in [3.63, 3.8) is 0 Å². The van der Waals surface area contributed by atoms with Gasteiger partial charge >= 0.3 is 0 Å². The first kappa shape index (κ1) is 15.3. The van der Waals surface area contributed by atoms with E-state index in [4.69, 9.17) is 21.1 Å². The highest BCUT2D eigenvalue weighted by Gasteiger charge is 2.34. The van der Waals surface area contributed by atoms with E-state index < -0.39 is 0 Å². The van der Waals surface area contributed by atoms with Gasteiger partial charge in [0, 0.05) is 32.6 Å². The summed E-state index contributed by atoms with van der Waals surface area (Å²) in [6.07, 6.45) is 4.81. The summed E-state index contributed by atoms with van der Waals surface area (Å²) in [6.45, 7) is 2.27. The standard InChI is InChI=1S/C16H20ClN3O2/c1-21-12-10-14(16-18-6-7-19-16)20(11-12)8-9-22-15-5-3-2-4-13(15)17/h2-7,12,14H,8-11H2,1H3,(H,18,19)/t12-,14+/m1/s1. The molecule has 1 N–H and O–H groups in total. The minimum Gasteiger partial charge on any atom is -0.491 e. The Morgan fingerprint density at radius 1 is 1.41 bits per heavy atom. The zero-order valence-electron chi connectivity index (χ0n) is 12.5. The third-order valence-electron chi connectivity index (χ3n) is 4.01. The molecule has 1 saturated heterocycles. The van der Waals surface area contributed by atoms with Crippen LogP contribution in [0, 0.1) is 0 Å². The number of benzene rings is 1. The summed E-state index contributed by atoms with van der Waals surface area (Å²) < 4.78 is 11.3. The molecule has 0 spiro atoms. The first-order chi connectivity index (χ1) is 10.8. The van der Waals surface area contributed by atoms with Gasteiger partial charge in [-0.1, -0.05) is 23.7 Å². The monoisotopic (exact) mass is 321 g/mol. The molecular formula is C16H20ClN3O2. The Morgan fingerprint density at radius 2 is 2.27 bits per heavy atom. The molecule has 0 bridgehead atoms. The van der Waals surface area contributed by atoms with E-state index in [1.165, 1.54) is 0 Å². The third-order valence-corrected chi connectivity index (χ3v) is 4.32. The maximum atomic E-state index is 6.10. The van der Waals surface area contributed by atoms with Gasteiger partial charge in [0.1, 0.15) is 18.2 Å². The van der Waals surface area contributed by atoms with Crippen LogP contribution in [0.1, 0.15) is 18.3 Å². The van der Waals surface area contributed by atoms with Gasteiger partial charge < -0.3 is 14.5 Å². The Kier molecular flexibility index (Phi) is 4.97. The van der Waals surface area contributed by atoms with Crippen LogP contribution in [0.4, 0.5) is 0 Å². The van der Waals surface area contributed by atoms with E-state index in [1.54, 1.807) is 13.3 Å². The fourth-order valence-electron chi connectivity index (χ4n) is 2.86. The number of hydrogen-bond donors (Lipinski definition) is 1. The number of methoxy groups -OCH3 is 1. The molecule has 0 aliphatic carbocycles. The van der Waals surface area contributed by atoms with Crippen molar-refractivity contribution in [2.45, 2.75) is 18.6 Å². The maximum Gasteiger partial charge on any atom is 0.137 e. The smallest absolute Gasteiger partial charge is 0.137 e. The molecule has 6 heteroatoms. The van der Waals surface area contributed by atoms with Gasteiger partial charge in [-0.25, -0.2) is 4.98 Å². The average molecular weight is 322 g/mol. The van der Waals surface area contributed by atoms with Crippen LogP contribution in [0.2, 0.25) is 5.02 Å². The number of para-hydroxylation sites is 1. The molecule has 1 aromatic heterocycles. The van der Waals surface area contributed by atoms with Gasteiger partial charge in [0.05, 0.1) is 17.2 Å². The summed E-state index contributed by atoms with van der Waals surface area (Å²) in [5, 5.41) is 0.640. The zero-order valence-corrected chi connectivity index (χ0v) is 13.3. The molecule has 0 amide bonds. The van der Waals surface area contributed by atoms with Crippen molar-refractivity contribution in [3.8, 4) is 5.75 Å². The predicted molar refractivity (Wildman–Crippen MR) is 85.3 cm³/mol. The number of H-pyrrole nitrogens is 1. The van der Waals surface area contributed by atoms with Crippen molar-refractivity contribution in [3.05, 3.63) is 47.5 Å². The second-order valence-corrected chi connectivity index (χ2v) is 5.76. The molecule has 22 heavy (non-hydrogen) atoms. The summed E-state index contributed by atoms with van der Waals surface area (Å²) in [5.41, 5.74) is 0. The predicted octanol–water partition coefficient (Wildman–Crippen LogP) is 2.90. The van der Waals surface area contributed by atoms with Crippen molar-refractivity contribution in [2.24, 2.45) is 0 Å². The molecule has 118 valence electrons. The number of aromatic nitrogens is 2. The molecular weight excluding hydrogens is 302 g/mol. The van der Waals surface area contributed by atoms with Crippen LogP contribution in [0.3, 0.4) is 0 Å². The van der Waals surface area contributed by atoms with Crippen LogP contribution in [0.5, 0.6) is 5.75 Å². The van der Waals surface area contributed by atoms with E-state index >= 15 is 0 Å². The number of likely N-dealkylation sites (tertiary alicyclic amines) is 1. The van der Waals surface area contributed by atoms with Gasteiger partial charge in [0.2, 0.25) is 0 Å². The molecule has 1 aliphatic rings.